The third-order valence-electron chi connectivity index (χ3n) is 6.27. The average molecular weight is 493 g/mol. The van der Waals surface area contributed by atoms with E-state index in [-0.39, 0.29) is 30.2 Å². The molecule has 1 amide bonds. The summed E-state index contributed by atoms with van der Waals surface area (Å²) in [5, 5.41) is 2.99. The molecule has 0 spiro atoms. The zero-order valence-electron chi connectivity index (χ0n) is 20.3. The van der Waals surface area contributed by atoms with Gasteiger partial charge in [-0.3, -0.25) is 9.69 Å². The number of hydrogen-bond acceptors (Lipinski definition) is 5. The molecule has 1 N–H and O–H groups in total. The molecule has 2 aromatic rings. The number of halogens is 3. The smallest absolute Gasteiger partial charge is 0.416 e. The molecule has 3 rings (SSSR count). The maximum absolute atomic E-state index is 13.0. The predicted octanol–water partition coefficient (Wildman–Crippen LogP) is 4.99. The summed E-state index contributed by atoms with van der Waals surface area (Å²) in [4.78, 5) is 26.5. The highest BCUT2D eigenvalue weighted by molar-refractivity contribution is 5.89. The molecule has 1 aliphatic rings. The first-order chi connectivity index (χ1) is 16.4. The summed E-state index contributed by atoms with van der Waals surface area (Å²) in [5.41, 5.74) is 0.0899. The predicted molar refractivity (Wildman–Crippen MR) is 125 cm³/mol. The molecule has 190 valence electrons. The van der Waals surface area contributed by atoms with Crippen molar-refractivity contribution in [3.05, 3.63) is 65.2 Å². The molecule has 6 nitrogen and oxygen atoms in total. The Morgan fingerprint density at radius 1 is 1.14 bits per heavy atom. The molecule has 1 fully saturated rings. The topological polar surface area (TPSA) is 67.9 Å². The van der Waals surface area contributed by atoms with Gasteiger partial charge in [-0.05, 0) is 63.1 Å². The maximum Gasteiger partial charge on any atom is 0.416 e. The van der Waals surface area contributed by atoms with Crippen LogP contribution >= 0.6 is 0 Å². The van der Waals surface area contributed by atoms with Crippen LogP contribution < -0.4 is 10.1 Å². The van der Waals surface area contributed by atoms with Crippen LogP contribution in [0.5, 0.6) is 5.75 Å². The van der Waals surface area contributed by atoms with Gasteiger partial charge < -0.3 is 14.8 Å². The van der Waals surface area contributed by atoms with Crippen molar-refractivity contribution < 1.29 is 32.2 Å². The van der Waals surface area contributed by atoms with Crippen molar-refractivity contribution in [1.82, 2.24) is 10.2 Å². The number of ether oxygens (including phenoxy) is 2. The third-order valence-corrected chi connectivity index (χ3v) is 6.27. The Bertz CT molecular complexity index is 1040. The number of likely N-dealkylation sites (tertiary alicyclic amines) is 1. The Hall–Kier alpha value is -3.07. The molecule has 0 aliphatic carbocycles. The van der Waals surface area contributed by atoms with Crippen LogP contribution in [0.2, 0.25) is 0 Å². The number of rotatable bonds is 8. The van der Waals surface area contributed by atoms with Gasteiger partial charge in [0.15, 0.2) is 0 Å². The largest absolute Gasteiger partial charge is 0.489 e. The number of carbonyl (C=O) groups is 2. The van der Waals surface area contributed by atoms with Crippen molar-refractivity contribution in [1.29, 1.82) is 0 Å². The number of nitrogens with zero attached hydrogens (tertiary/aromatic N) is 1. The molecule has 0 saturated carbocycles. The SMILES string of the molecule is COC(=O)c1ccc([C@H](C)NC(=O)CC(C)(C)N2CC[C@@H](Oc3cccc(C(F)(F)F)c3)C2)cc1. The Morgan fingerprint density at radius 2 is 1.83 bits per heavy atom. The molecule has 1 aliphatic heterocycles. The van der Waals surface area contributed by atoms with Gasteiger partial charge in [0.25, 0.3) is 0 Å². The normalized spacial score (nSPS) is 17.6. The lowest BCUT2D eigenvalue weighted by atomic mass is 9.97. The van der Waals surface area contributed by atoms with E-state index in [1.54, 1.807) is 24.3 Å². The van der Waals surface area contributed by atoms with E-state index in [4.69, 9.17) is 9.47 Å². The number of nitrogens with one attached hydrogen (secondary N) is 1. The molecule has 2 atom stereocenters. The molecule has 0 radical (unpaired) electrons. The number of esters is 1. The highest BCUT2D eigenvalue weighted by Gasteiger charge is 2.36. The second-order valence-electron chi connectivity index (χ2n) is 9.39. The summed E-state index contributed by atoms with van der Waals surface area (Å²) in [6.07, 6.45) is -3.78. The van der Waals surface area contributed by atoms with Crippen molar-refractivity contribution in [2.45, 2.75) is 57.5 Å². The molecule has 35 heavy (non-hydrogen) atoms. The van der Waals surface area contributed by atoms with Crippen molar-refractivity contribution in [3.63, 3.8) is 0 Å². The second-order valence-corrected chi connectivity index (χ2v) is 9.39. The van der Waals surface area contributed by atoms with Crippen molar-refractivity contribution in [2.24, 2.45) is 0 Å². The zero-order valence-corrected chi connectivity index (χ0v) is 20.3. The van der Waals surface area contributed by atoms with E-state index >= 15 is 0 Å². The van der Waals surface area contributed by atoms with Crippen LogP contribution in [0.4, 0.5) is 13.2 Å². The van der Waals surface area contributed by atoms with Gasteiger partial charge in [0, 0.05) is 25.0 Å². The van der Waals surface area contributed by atoms with Crippen LogP contribution in [0, 0.1) is 0 Å². The van der Waals surface area contributed by atoms with Crippen LogP contribution in [0.15, 0.2) is 48.5 Å². The summed E-state index contributed by atoms with van der Waals surface area (Å²) >= 11 is 0. The minimum Gasteiger partial charge on any atom is -0.489 e. The number of benzene rings is 2. The lowest BCUT2D eigenvalue weighted by Crippen LogP contribution is -2.46. The van der Waals surface area contributed by atoms with Gasteiger partial charge in [-0.2, -0.15) is 13.2 Å². The summed E-state index contributed by atoms with van der Waals surface area (Å²) in [6.45, 7) is 6.99. The molecule has 1 heterocycles. The summed E-state index contributed by atoms with van der Waals surface area (Å²) < 4.78 is 49.4. The van der Waals surface area contributed by atoms with Crippen molar-refractivity contribution in [3.8, 4) is 5.75 Å². The lowest BCUT2D eigenvalue weighted by molar-refractivity contribution is -0.137. The quantitative estimate of drug-likeness (QED) is 0.526. The van der Waals surface area contributed by atoms with E-state index in [1.165, 1.54) is 19.2 Å². The highest BCUT2D eigenvalue weighted by Crippen LogP contribution is 2.33. The number of amides is 1. The van der Waals surface area contributed by atoms with Crippen LogP contribution in [0.3, 0.4) is 0 Å². The Kier molecular flexibility index (Phi) is 8.10. The summed E-state index contributed by atoms with van der Waals surface area (Å²) in [7, 11) is 1.32. The summed E-state index contributed by atoms with van der Waals surface area (Å²) in [6, 6.07) is 11.5. The fraction of sp³-hybridized carbons (Fsp3) is 0.462. The lowest BCUT2D eigenvalue weighted by Gasteiger charge is -2.35. The molecular formula is C26H31F3N2O4. The minimum absolute atomic E-state index is 0.123. The number of alkyl halides is 3. The molecule has 1 saturated heterocycles. The molecule has 2 aromatic carbocycles. The standard InChI is InChI=1S/C26H31F3N2O4/c1-17(18-8-10-19(11-9-18)24(33)34-4)30-23(32)15-25(2,3)31-13-12-22(16-31)35-21-7-5-6-20(14-21)26(27,28)29/h5-11,14,17,22H,12-13,15-16H2,1-4H3,(H,30,32)/t17-,22+/m0/s1. The van der Waals surface area contributed by atoms with E-state index < -0.39 is 23.2 Å². The highest BCUT2D eigenvalue weighted by atomic mass is 19.4. The fourth-order valence-corrected chi connectivity index (χ4v) is 4.22. The van der Waals surface area contributed by atoms with Gasteiger partial charge in [0.05, 0.1) is 24.3 Å². The van der Waals surface area contributed by atoms with Crippen LogP contribution in [0.1, 0.15) is 61.1 Å². The van der Waals surface area contributed by atoms with Crippen LogP contribution in [0.25, 0.3) is 0 Å². The molecule has 0 unspecified atom stereocenters. The Balaban J connectivity index is 1.53. The number of carbonyl (C=O) groups excluding carboxylic acids is 2. The third kappa shape index (κ3) is 6.97. The van der Waals surface area contributed by atoms with Crippen LogP contribution in [-0.2, 0) is 15.7 Å². The van der Waals surface area contributed by atoms with E-state index in [1.807, 2.05) is 20.8 Å². The second kappa shape index (κ2) is 10.7. The monoisotopic (exact) mass is 492 g/mol. The van der Waals surface area contributed by atoms with Crippen molar-refractivity contribution >= 4 is 11.9 Å². The minimum atomic E-state index is -4.42. The molecular weight excluding hydrogens is 461 g/mol. The van der Waals surface area contributed by atoms with Gasteiger partial charge in [0.2, 0.25) is 5.91 Å². The summed E-state index contributed by atoms with van der Waals surface area (Å²) in [5.74, 6) is -0.355. The molecule has 9 heteroatoms. The van der Waals surface area contributed by atoms with E-state index in [0.717, 1.165) is 17.7 Å². The van der Waals surface area contributed by atoms with E-state index in [0.29, 0.717) is 25.1 Å². The van der Waals surface area contributed by atoms with Crippen LogP contribution in [-0.4, -0.2) is 48.6 Å². The van der Waals surface area contributed by atoms with Gasteiger partial charge in [-0.1, -0.05) is 18.2 Å². The van der Waals surface area contributed by atoms with Gasteiger partial charge in [-0.25, -0.2) is 4.79 Å². The maximum atomic E-state index is 13.0. The Morgan fingerprint density at radius 3 is 2.46 bits per heavy atom. The first kappa shape index (κ1) is 26.5. The Labute approximate surface area is 203 Å². The van der Waals surface area contributed by atoms with E-state index in [2.05, 4.69) is 10.2 Å². The first-order valence-corrected chi connectivity index (χ1v) is 11.5. The molecule has 0 bridgehead atoms. The van der Waals surface area contributed by atoms with Gasteiger partial charge in [-0.15, -0.1) is 0 Å². The first-order valence-electron chi connectivity index (χ1n) is 11.5. The van der Waals surface area contributed by atoms with E-state index in [9.17, 15) is 22.8 Å². The number of hydrogen-bond donors (Lipinski definition) is 1. The fourth-order valence-electron chi connectivity index (χ4n) is 4.22. The average Bonchev–Trinajstić information content (AvgIpc) is 3.27. The van der Waals surface area contributed by atoms with Crippen molar-refractivity contribution in [2.75, 3.05) is 20.2 Å². The van der Waals surface area contributed by atoms with Gasteiger partial charge in [0.1, 0.15) is 11.9 Å². The zero-order chi connectivity index (χ0) is 25.8. The van der Waals surface area contributed by atoms with Gasteiger partial charge >= 0.3 is 12.1 Å². The molecule has 0 aromatic heterocycles. The number of methoxy groups -OCH3 is 1.